The number of carbonyl (C=O) groups excluding carboxylic acids is 1. The van der Waals surface area contributed by atoms with Gasteiger partial charge in [0.25, 0.3) is 5.92 Å². The molecule has 9 nitrogen and oxygen atoms in total. The van der Waals surface area contributed by atoms with Gasteiger partial charge in [0.05, 0.1) is 17.3 Å². The van der Waals surface area contributed by atoms with Crippen LogP contribution in [0.15, 0.2) is 48.5 Å². The molecule has 3 aromatic heterocycles. The molecule has 0 bridgehead atoms. The van der Waals surface area contributed by atoms with Gasteiger partial charge >= 0.3 is 6.18 Å². The number of nitrogens with two attached hydrogens (primary N) is 1. The molecule has 0 saturated heterocycles. The third kappa shape index (κ3) is 6.49. The molecule has 2 aliphatic carbocycles. The smallest absolute Gasteiger partial charge is 0.382 e. The summed E-state index contributed by atoms with van der Waals surface area (Å²) in [5, 5.41) is 23.6. The molecule has 1 fully saturated rings. The number of fused-ring (bicyclic) bond motifs is 4. The maximum atomic E-state index is 15.2. The Morgan fingerprint density at radius 3 is 2.55 bits per heavy atom. The Morgan fingerprint density at radius 2 is 1.86 bits per heavy atom. The number of aromatic nitrogens is 5. The number of aliphatic hydroxyl groups is 1. The van der Waals surface area contributed by atoms with E-state index in [1.807, 2.05) is 0 Å². The van der Waals surface area contributed by atoms with Gasteiger partial charge in [0, 0.05) is 28.5 Å². The highest BCUT2D eigenvalue weighted by Gasteiger charge is 2.68. The lowest BCUT2D eigenvalue weighted by Gasteiger charge is -2.23. The molecule has 3 atom stereocenters. The molecule has 5 N–H and O–H groups in total. The number of pyridine rings is 1. The number of nitrogens with one attached hydrogen (secondary N) is 2. The van der Waals surface area contributed by atoms with Crippen LogP contribution in [0.25, 0.3) is 22.0 Å². The molecule has 0 spiro atoms. The largest absolute Gasteiger partial charge is 0.435 e. The van der Waals surface area contributed by atoms with E-state index in [1.165, 1.54) is 13.8 Å². The molecule has 1 saturated carbocycles. The zero-order valence-electron chi connectivity index (χ0n) is 26.8. The van der Waals surface area contributed by atoms with Crippen LogP contribution in [0.4, 0.5) is 36.6 Å². The fourth-order valence-corrected chi connectivity index (χ4v) is 6.62. The van der Waals surface area contributed by atoms with Gasteiger partial charge in [0.1, 0.15) is 35.2 Å². The number of amides is 1. The van der Waals surface area contributed by atoms with Crippen LogP contribution in [0, 0.1) is 29.4 Å². The maximum Gasteiger partial charge on any atom is 0.435 e. The number of anilines is 1. The molecule has 2 aliphatic rings. The number of carbonyl (C=O) groups is 1. The summed E-state index contributed by atoms with van der Waals surface area (Å²) in [5.41, 5.74) is 3.41. The predicted molar refractivity (Wildman–Crippen MR) is 170 cm³/mol. The van der Waals surface area contributed by atoms with Crippen molar-refractivity contribution >= 4 is 22.6 Å². The Bertz CT molecular complexity index is 2260. The molecule has 5 aromatic rings. The minimum absolute atomic E-state index is 0.0685. The normalized spacial score (nSPS) is 18.2. The zero-order chi connectivity index (χ0) is 36.6. The molecule has 7 rings (SSSR count). The molecule has 264 valence electrons. The van der Waals surface area contributed by atoms with E-state index in [0.29, 0.717) is 32.8 Å². The van der Waals surface area contributed by atoms with E-state index >= 15 is 8.78 Å². The van der Waals surface area contributed by atoms with Crippen molar-refractivity contribution in [2.45, 2.75) is 62.9 Å². The van der Waals surface area contributed by atoms with Crippen LogP contribution in [0.1, 0.15) is 66.1 Å². The Balaban J connectivity index is 1.33. The van der Waals surface area contributed by atoms with Crippen LogP contribution in [0.2, 0.25) is 0 Å². The number of nitrogen functional groups attached to an aromatic ring is 1. The van der Waals surface area contributed by atoms with E-state index in [2.05, 4.69) is 37.4 Å². The lowest BCUT2D eigenvalue weighted by Crippen LogP contribution is -2.35. The topological polar surface area (TPSA) is 135 Å². The summed E-state index contributed by atoms with van der Waals surface area (Å²) in [6.07, 6.45) is -5.46. The van der Waals surface area contributed by atoms with Crippen molar-refractivity contribution < 1.29 is 40.6 Å². The number of halogens is 7. The number of nitrogens with zero attached hydrogens (tertiary/aromatic N) is 4. The first-order valence-corrected chi connectivity index (χ1v) is 15.7. The molecular formula is C35H28F7N7O2. The highest BCUT2D eigenvalue weighted by Crippen LogP contribution is 2.68. The zero-order valence-corrected chi connectivity index (χ0v) is 26.8. The van der Waals surface area contributed by atoms with E-state index in [4.69, 9.17) is 5.73 Å². The SMILES string of the molecule is CC(C)(O)C#Cc1ccc(-c2ccc3[nH]nc(N)c3c2)c([C@H](Cc2cc(F)cc(F)c2)NC(=O)Cn2nc(C(F)(F)F)c3c2C(F)(F)C2C[C@H]32)n1. The quantitative estimate of drug-likeness (QED) is 0.119. The van der Waals surface area contributed by atoms with E-state index < -0.39 is 76.6 Å². The van der Waals surface area contributed by atoms with E-state index in [-0.39, 0.29) is 35.6 Å². The molecule has 0 radical (unpaired) electrons. The third-order valence-electron chi connectivity index (χ3n) is 8.85. The van der Waals surface area contributed by atoms with Gasteiger partial charge in [-0.1, -0.05) is 12.0 Å². The Labute approximate surface area is 285 Å². The van der Waals surface area contributed by atoms with Gasteiger partial charge in [0.15, 0.2) is 11.5 Å². The van der Waals surface area contributed by atoms with Crippen molar-refractivity contribution in [2.75, 3.05) is 5.73 Å². The summed E-state index contributed by atoms with van der Waals surface area (Å²) in [5.74, 6) is -3.24. The highest BCUT2D eigenvalue weighted by atomic mass is 19.4. The summed E-state index contributed by atoms with van der Waals surface area (Å²) in [6.45, 7) is 1.88. The van der Waals surface area contributed by atoms with Crippen molar-refractivity contribution in [2.24, 2.45) is 5.92 Å². The average molecular weight is 712 g/mol. The van der Waals surface area contributed by atoms with E-state index in [9.17, 15) is 31.9 Å². The lowest BCUT2D eigenvalue weighted by atomic mass is 9.94. The molecule has 1 amide bonds. The van der Waals surface area contributed by atoms with Crippen molar-refractivity contribution in [1.29, 1.82) is 0 Å². The molecule has 51 heavy (non-hydrogen) atoms. The van der Waals surface area contributed by atoms with Gasteiger partial charge in [-0.3, -0.25) is 14.6 Å². The number of benzene rings is 2. The highest BCUT2D eigenvalue weighted by molar-refractivity contribution is 5.92. The van der Waals surface area contributed by atoms with Gasteiger partial charge < -0.3 is 16.2 Å². The fourth-order valence-electron chi connectivity index (χ4n) is 6.62. The van der Waals surface area contributed by atoms with Crippen molar-refractivity contribution in [3.63, 3.8) is 0 Å². The Hall–Kier alpha value is -5.43. The third-order valence-corrected chi connectivity index (χ3v) is 8.85. The number of aromatic amines is 1. The van der Waals surface area contributed by atoms with Crippen molar-refractivity contribution in [1.82, 2.24) is 30.3 Å². The summed E-state index contributed by atoms with van der Waals surface area (Å²) >= 11 is 0. The van der Waals surface area contributed by atoms with Gasteiger partial charge in [0.2, 0.25) is 5.91 Å². The van der Waals surface area contributed by atoms with Crippen molar-refractivity contribution in [3.05, 3.63) is 94.1 Å². The Kier molecular flexibility index (Phi) is 7.90. The van der Waals surface area contributed by atoms with Crippen molar-refractivity contribution in [3.8, 4) is 23.0 Å². The minimum Gasteiger partial charge on any atom is -0.382 e. The fraction of sp³-hybridized carbons (Fsp3) is 0.314. The number of rotatable bonds is 7. The summed E-state index contributed by atoms with van der Waals surface area (Å²) in [6, 6.07) is 9.69. The monoisotopic (exact) mass is 711 g/mol. The first kappa shape index (κ1) is 34.0. The minimum atomic E-state index is -5.04. The van der Waals surface area contributed by atoms with Crippen LogP contribution >= 0.6 is 0 Å². The van der Waals surface area contributed by atoms with Crippen LogP contribution in [-0.2, 0) is 29.9 Å². The molecule has 2 aromatic carbocycles. The van der Waals surface area contributed by atoms with Crippen LogP contribution in [-0.4, -0.2) is 41.6 Å². The molecule has 3 heterocycles. The molecule has 0 aliphatic heterocycles. The molecule has 16 heteroatoms. The van der Waals surface area contributed by atoms with E-state index in [1.54, 1.807) is 30.3 Å². The molecular weight excluding hydrogens is 683 g/mol. The number of alkyl halides is 5. The standard InChI is InChI=1S/C35H28F7N7O2/c1-33(2,51)8-7-20-4-5-21(17-3-6-25-23(12-17)32(43)47-46-25)29(44-20)26(11-16-9-18(36)13-19(37)10-16)45-27(50)15-49-31-28(30(48-49)35(40,41)42)22-14-24(22)34(31,38)39/h3-6,9-10,12-13,22,24,26,51H,11,14-15H2,1-2H3,(H,45,50)(H3,43,46,47)/t22-,24?,26-/m0/s1. The van der Waals surface area contributed by atoms with Crippen LogP contribution < -0.4 is 11.1 Å². The number of hydrogen-bond acceptors (Lipinski definition) is 6. The second kappa shape index (κ2) is 11.8. The summed E-state index contributed by atoms with van der Waals surface area (Å²) in [4.78, 5) is 18.3. The van der Waals surface area contributed by atoms with Gasteiger partial charge in [-0.15, -0.1) is 0 Å². The number of H-pyrrole nitrogens is 1. The van der Waals surface area contributed by atoms with Gasteiger partial charge in [-0.05, 0) is 86.1 Å². The first-order valence-electron chi connectivity index (χ1n) is 15.7. The predicted octanol–water partition coefficient (Wildman–Crippen LogP) is 6.13. The second-order valence-electron chi connectivity index (χ2n) is 13.2. The first-order chi connectivity index (χ1) is 23.9. The molecule has 1 unspecified atom stereocenters. The second-order valence-corrected chi connectivity index (χ2v) is 13.2. The Morgan fingerprint density at radius 1 is 1.14 bits per heavy atom. The summed E-state index contributed by atoms with van der Waals surface area (Å²) < 4.78 is 101. The maximum absolute atomic E-state index is 15.2. The lowest BCUT2D eigenvalue weighted by molar-refractivity contribution is -0.142. The van der Waals surface area contributed by atoms with Crippen LogP contribution in [0.5, 0.6) is 0 Å². The van der Waals surface area contributed by atoms with Gasteiger partial charge in [-0.25, -0.2) is 13.8 Å². The average Bonchev–Trinajstić information content (AvgIpc) is 3.54. The number of hydrogen-bond donors (Lipinski definition) is 4. The van der Waals surface area contributed by atoms with Crippen LogP contribution in [0.3, 0.4) is 0 Å². The van der Waals surface area contributed by atoms with Gasteiger partial charge in [-0.2, -0.15) is 32.1 Å². The van der Waals surface area contributed by atoms with E-state index in [0.717, 1.165) is 12.1 Å². The summed E-state index contributed by atoms with van der Waals surface area (Å²) in [7, 11) is 0.